The van der Waals surface area contributed by atoms with Crippen molar-refractivity contribution in [3.8, 4) is 0 Å². The lowest BCUT2D eigenvalue weighted by atomic mass is 9.52. The minimum Gasteiger partial charge on any atom is -0.327 e. The van der Waals surface area contributed by atoms with Gasteiger partial charge in [-0.1, -0.05) is 12.1 Å². The molecule has 1 unspecified atom stereocenters. The normalized spacial score (nSPS) is 31.8. The summed E-state index contributed by atoms with van der Waals surface area (Å²) in [5.74, 6) is 3.81. The number of carbonyl (C=O) groups excluding carboxylic acids is 1. The molecule has 0 saturated heterocycles. The smallest absolute Gasteiger partial charge is 0.215 e. The fourth-order valence-corrected chi connectivity index (χ4v) is 7.51. The van der Waals surface area contributed by atoms with Crippen molar-refractivity contribution in [3.05, 3.63) is 35.7 Å². The van der Waals surface area contributed by atoms with E-state index in [0.717, 1.165) is 52.5 Å². The molecule has 5 heteroatoms. The zero-order chi connectivity index (χ0) is 19.9. The van der Waals surface area contributed by atoms with Gasteiger partial charge in [-0.05, 0) is 49.1 Å². The van der Waals surface area contributed by atoms with Crippen LogP contribution in [0.5, 0.6) is 0 Å². The summed E-state index contributed by atoms with van der Waals surface area (Å²) in [6.07, 6.45) is 8.51. The van der Waals surface area contributed by atoms with Gasteiger partial charge in [0.15, 0.2) is 5.78 Å². The molecule has 152 valence electrons. The average Bonchev–Trinajstić information content (AvgIpc) is 3.17. The van der Waals surface area contributed by atoms with E-state index in [1.165, 1.54) is 38.5 Å². The highest BCUT2D eigenvalue weighted by atomic mass is 16.1. The van der Waals surface area contributed by atoms with Gasteiger partial charge in [0.2, 0.25) is 5.78 Å². The number of aryl methyl sites for hydroxylation is 1. The molecule has 1 aromatic carbocycles. The predicted octanol–water partition coefficient (Wildman–Crippen LogP) is 3.01. The van der Waals surface area contributed by atoms with E-state index in [1.807, 2.05) is 19.2 Å². The van der Waals surface area contributed by atoms with Crippen LogP contribution in [-0.2, 0) is 13.6 Å². The Labute approximate surface area is 171 Å². The van der Waals surface area contributed by atoms with Crippen LogP contribution in [0.25, 0.3) is 16.8 Å². The van der Waals surface area contributed by atoms with Gasteiger partial charge < -0.3 is 9.47 Å². The standard InChI is InChI=1S/C24H30N4O/c1-15(29)22-19(25-23-27(3)20-6-4-5-7-21(20)28(22)23)14-26(2)24-11-16-8-17(12-24)10-18(9-16)13-24/h4-7,16-18H,8-14H2,1-3H3/p+1. The first kappa shape index (κ1) is 17.7. The maximum Gasteiger partial charge on any atom is 0.215 e. The van der Waals surface area contributed by atoms with Crippen LogP contribution in [0.3, 0.4) is 0 Å². The van der Waals surface area contributed by atoms with E-state index in [9.17, 15) is 4.79 Å². The highest BCUT2D eigenvalue weighted by Gasteiger charge is 2.55. The summed E-state index contributed by atoms with van der Waals surface area (Å²) >= 11 is 0. The zero-order valence-corrected chi connectivity index (χ0v) is 17.7. The van der Waals surface area contributed by atoms with E-state index in [-0.39, 0.29) is 5.78 Å². The van der Waals surface area contributed by atoms with Crippen LogP contribution in [-0.4, -0.2) is 32.3 Å². The monoisotopic (exact) mass is 391 g/mol. The number of imidazole rings is 2. The Kier molecular flexibility index (Phi) is 3.63. The summed E-state index contributed by atoms with van der Waals surface area (Å²) in [7, 11) is 4.41. The number of benzene rings is 1. The zero-order valence-electron chi connectivity index (χ0n) is 17.7. The largest absolute Gasteiger partial charge is 0.327 e. The minimum absolute atomic E-state index is 0.113. The second kappa shape index (κ2) is 5.94. The fourth-order valence-electron chi connectivity index (χ4n) is 7.51. The topological polar surface area (TPSA) is 43.7 Å². The molecular formula is C24H31N4O+. The second-order valence-electron chi connectivity index (χ2n) is 10.3. The molecule has 4 aliphatic carbocycles. The first-order chi connectivity index (χ1) is 13.9. The van der Waals surface area contributed by atoms with Crippen molar-refractivity contribution in [2.75, 3.05) is 7.05 Å². The molecule has 0 aliphatic heterocycles. The number of hydrogen-bond acceptors (Lipinski definition) is 2. The van der Waals surface area contributed by atoms with Crippen molar-refractivity contribution < 1.29 is 9.69 Å². The van der Waals surface area contributed by atoms with Crippen LogP contribution in [0.4, 0.5) is 0 Å². The van der Waals surface area contributed by atoms with E-state index in [4.69, 9.17) is 4.98 Å². The molecule has 4 aliphatic rings. The van der Waals surface area contributed by atoms with Crippen molar-refractivity contribution >= 4 is 22.6 Å². The average molecular weight is 392 g/mol. The number of Topliss-reactive ketones (excluding diaryl/α,β-unsaturated/α-hetero) is 1. The molecule has 2 aromatic heterocycles. The molecule has 3 aromatic rings. The van der Waals surface area contributed by atoms with Crippen molar-refractivity contribution in [2.24, 2.45) is 24.8 Å². The third-order valence-corrected chi connectivity index (χ3v) is 8.43. The number of ketones is 1. The number of rotatable bonds is 4. The summed E-state index contributed by atoms with van der Waals surface area (Å²) < 4.78 is 4.20. The van der Waals surface area contributed by atoms with Gasteiger partial charge in [-0.2, -0.15) is 0 Å². The van der Waals surface area contributed by atoms with Crippen molar-refractivity contribution in [1.29, 1.82) is 0 Å². The third kappa shape index (κ3) is 2.43. The summed E-state index contributed by atoms with van der Waals surface area (Å²) in [5.41, 5.74) is 4.34. The van der Waals surface area contributed by atoms with Crippen LogP contribution in [0.1, 0.15) is 61.6 Å². The van der Waals surface area contributed by atoms with Gasteiger partial charge in [-0.3, -0.25) is 9.20 Å². The van der Waals surface area contributed by atoms with E-state index >= 15 is 0 Å². The molecule has 0 radical (unpaired) electrons. The van der Waals surface area contributed by atoms with Crippen molar-refractivity contribution in [2.45, 2.75) is 57.5 Å². The number of para-hydroxylation sites is 2. The minimum atomic E-state index is 0.113. The Bertz CT molecular complexity index is 1100. The van der Waals surface area contributed by atoms with Crippen LogP contribution in [0, 0.1) is 17.8 Å². The molecule has 5 nitrogen and oxygen atoms in total. The van der Waals surface area contributed by atoms with E-state index in [2.05, 4.69) is 28.1 Å². The SMILES string of the molecule is CC(=O)c1c(C[NH+](C)C23CC4CC(CC(C4)C2)C3)nc2n(C)c3ccccc3n12. The molecular weight excluding hydrogens is 360 g/mol. The summed E-state index contributed by atoms with van der Waals surface area (Å²) in [5, 5.41) is 0. The van der Waals surface area contributed by atoms with Gasteiger partial charge in [0.05, 0.1) is 23.6 Å². The Balaban J connectivity index is 1.43. The molecule has 7 rings (SSSR count). The van der Waals surface area contributed by atoms with Crippen molar-refractivity contribution in [3.63, 3.8) is 0 Å². The molecule has 0 amide bonds. The maximum atomic E-state index is 12.7. The number of quaternary nitrogens is 1. The molecule has 2 heterocycles. The predicted molar refractivity (Wildman–Crippen MR) is 113 cm³/mol. The number of nitrogens with zero attached hydrogens (tertiary/aromatic N) is 3. The van der Waals surface area contributed by atoms with Crippen molar-refractivity contribution in [1.82, 2.24) is 14.0 Å². The van der Waals surface area contributed by atoms with Crippen LogP contribution in [0.15, 0.2) is 24.3 Å². The van der Waals surface area contributed by atoms with Gasteiger partial charge in [-0.25, -0.2) is 4.98 Å². The van der Waals surface area contributed by atoms with E-state index in [0.29, 0.717) is 5.54 Å². The summed E-state index contributed by atoms with van der Waals surface area (Å²) in [6.45, 7) is 2.53. The first-order valence-corrected chi connectivity index (χ1v) is 11.2. The highest BCUT2D eigenvalue weighted by Crippen LogP contribution is 2.54. The Morgan fingerprint density at radius 3 is 2.28 bits per heavy atom. The van der Waals surface area contributed by atoms with Crippen LogP contribution < -0.4 is 4.90 Å². The fraction of sp³-hybridized carbons (Fsp3) is 0.583. The molecule has 1 atom stereocenters. The third-order valence-electron chi connectivity index (χ3n) is 8.43. The Morgan fingerprint density at radius 1 is 1.10 bits per heavy atom. The number of carbonyl (C=O) groups is 1. The van der Waals surface area contributed by atoms with Gasteiger partial charge in [0, 0.05) is 33.2 Å². The number of nitrogens with one attached hydrogen (secondary N) is 1. The van der Waals surface area contributed by atoms with Gasteiger partial charge in [-0.15, -0.1) is 0 Å². The number of fused-ring (bicyclic) bond motifs is 3. The van der Waals surface area contributed by atoms with Gasteiger partial charge in [0.1, 0.15) is 17.9 Å². The summed E-state index contributed by atoms with van der Waals surface area (Å²) in [4.78, 5) is 19.3. The van der Waals surface area contributed by atoms with Crippen LogP contribution in [0.2, 0.25) is 0 Å². The summed E-state index contributed by atoms with van der Waals surface area (Å²) in [6, 6.07) is 8.27. The second-order valence-corrected chi connectivity index (χ2v) is 10.3. The van der Waals surface area contributed by atoms with E-state index < -0.39 is 0 Å². The highest BCUT2D eigenvalue weighted by molar-refractivity contribution is 5.97. The lowest BCUT2D eigenvalue weighted by molar-refractivity contribution is -0.954. The maximum absolute atomic E-state index is 12.7. The lowest BCUT2D eigenvalue weighted by Crippen LogP contribution is -3.17. The number of aromatic nitrogens is 3. The quantitative estimate of drug-likeness (QED) is 0.695. The Hall–Kier alpha value is -2.14. The van der Waals surface area contributed by atoms with Gasteiger partial charge >= 0.3 is 0 Å². The number of hydrogen-bond donors (Lipinski definition) is 1. The first-order valence-electron chi connectivity index (χ1n) is 11.2. The lowest BCUT2D eigenvalue weighted by Gasteiger charge is -2.57. The molecule has 29 heavy (non-hydrogen) atoms. The molecule has 1 N–H and O–H groups in total. The molecule has 4 saturated carbocycles. The Morgan fingerprint density at radius 2 is 1.69 bits per heavy atom. The van der Waals surface area contributed by atoms with Gasteiger partial charge in [0.25, 0.3) is 0 Å². The van der Waals surface area contributed by atoms with Crippen LogP contribution >= 0.6 is 0 Å². The van der Waals surface area contributed by atoms with E-state index in [1.54, 1.807) is 11.8 Å². The molecule has 4 fully saturated rings. The molecule has 4 bridgehead atoms. The molecule has 0 spiro atoms.